The fourth-order valence-corrected chi connectivity index (χ4v) is 7.87. The zero-order chi connectivity index (χ0) is 32.1. The van der Waals surface area contributed by atoms with Gasteiger partial charge in [0.15, 0.2) is 10.3 Å². The molecule has 2 aromatic carbocycles. The maximum absolute atomic E-state index is 13.5. The highest BCUT2D eigenvalue weighted by atomic mass is 32.2. The Balaban J connectivity index is 1.23. The van der Waals surface area contributed by atoms with Crippen molar-refractivity contribution in [2.45, 2.75) is 59.6 Å². The van der Waals surface area contributed by atoms with Crippen molar-refractivity contribution in [3.8, 4) is 11.1 Å². The number of aromatic amines is 2. The summed E-state index contributed by atoms with van der Waals surface area (Å²) in [5.41, 5.74) is 2.31. The summed E-state index contributed by atoms with van der Waals surface area (Å²) < 4.78 is 27.0. The van der Waals surface area contributed by atoms with E-state index in [0.29, 0.717) is 57.0 Å². The molecular weight excluding hydrogens is 637 g/mol. The number of nitrogens with zero attached hydrogens (tertiary/aromatic N) is 2. The average molecular weight is 667 g/mol. The van der Waals surface area contributed by atoms with Gasteiger partial charge < -0.3 is 20.6 Å². The highest BCUT2D eigenvalue weighted by molar-refractivity contribution is 8.00. The number of amides is 2. The van der Waals surface area contributed by atoms with Crippen LogP contribution in [0.5, 0.6) is 0 Å². The predicted octanol–water partition coefficient (Wildman–Crippen LogP) is 4.03. The molecule has 0 fully saturated rings. The molecule has 0 saturated heterocycles. The van der Waals surface area contributed by atoms with Crippen LogP contribution < -0.4 is 21.8 Å². The van der Waals surface area contributed by atoms with Crippen LogP contribution in [0.1, 0.15) is 38.1 Å². The lowest BCUT2D eigenvalue weighted by Crippen LogP contribution is -2.16. The molecule has 234 valence electrons. The summed E-state index contributed by atoms with van der Waals surface area (Å²) in [5.74, 6) is -0.869. The fraction of sp³-hybridized carbons (Fsp3) is 0.267. The van der Waals surface area contributed by atoms with Gasteiger partial charge in [0, 0.05) is 46.0 Å². The Morgan fingerprint density at radius 3 is 1.53 bits per heavy atom. The van der Waals surface area contributed by atoms with Crippen LogP contribution in [0.3, 0.4) is 0 Å². The lowest BCUT2D eigenvalue weighted by molar-refractivity contribution is -0.114. The van der Waals surface area contributed by atoms with E-state index in [2.05, 4.69) is 30.6 Å². The number of aromatic nitrogens is 4. The van der Waals surface area contributed by atoms with Gasteiger partial charge in [-0.3, -0.25) is 19.2 Å². The maximum atomic E-state index is 13.5. The van der Waals surface area contributed by atoms with Gasteiger partial charge >= 0.3 is 0 Å². The van der Waals surface area contributed by atoms with E-state index < -0.39 is 21.7 Å². The number of thioether (sulfide) groups is 2. The van der Waals surface area contributed by atoms with Crippen LogP contribution in [-0.4, -0.2) is 51.7 Å². The second-order valence-electron chi connectivity index (χ2n) is 10.2. The minimum Gasteiger partial charge on any atom is -0.325 e. The zero-order valence-corrected chi connectivity index (χ0v) is 26.9. The predicted molar refractivity (Wildman–Crippen MR) is 174 cm³/mol. The van der Waals surface area contributed by atoms with E-state index in [1.54, 1.807) is 24.3 Å². The molecule has 0 atom stereocenters. The second kappa shape index (κ2) is 13.8. The molecule has 1 aliphatic heterocycles. The van der Waals surface area contributed by atoms with Crippen LogP contribution in [0.15, 0.2) is 78.2 Å². The van der Waals surface area contributed by atoms with Gasteiger partial charge in [0.1, 0.15) is 0 Å². The van der Waals surface area contributed by atoms with Gasteiger partial charge in [-0.15, -0.1) is 0 Å². The van der Waals surface area contributed by atoms with Gasteiger partial charge in [0.25, 0.3) is 11.1 Å². The molecule has 1 aliphatic rings. The minimum absolute atomic E-state index is 0.0414. The normalized spacial score (nSPS) is 12.8. The first-order chi connectivity index (χ1) is 21.5. The molecule has 5 rings (SSSR count). The third-order valence-electron chi connectivity index (χ3n) is 6.64. The van der Waals surface area contributed by atoms with E-state index >= 15 is 0 Å². The van der Waals surface area contributed by atoms with Crippen molar-refractivity contribution in [2.24, 2.45) is 0 Å². The van der Waals surface area contributed by atoms with Crippen molar-refractivity contribution < 1.29 is 18.0 Å². The van der Waals surface area contributed by atoms with Crippen molar-refractivity contribution in [3.63, 3.8) is 0 Å². The minimum atomic E-state index is -3.93. The smallest absolute Gasteiger partial charge is 0.251 e. The number of sulfone groups is 1. The SMILES string of the molecule is CCCc1cc(=O)[nH]c(SCC(=O)Nc2ccc3c(c2)S(=O)(=O)c2cc(NC(=O)CSc4nc(CCC)cc(=O)[nH]4)ccc2-3)n1. The first-order valence-electron chi connectivity index (χ1n) is 14.1. The summed E-state index contributed by atoms with van der Waals surface area (Å²) >= 11 is 2.15. The fourth-order valence-electron chi connectivity index (χ4n) is 4.74. The number of fused-ring (bicyclic) bond motifs is 3. The molecule has 2 aromatic heterocycles. The summed E-state index contributed by atoms with van der Waals surface area (Å²) in [5, 5.41) is 6.09. The highest BCUT2D eigenvalue weighted by Crippen LogP contribution is 2.45. The van der Waals surface area contributed by atoms with Crippen molar-refractivity contribution in [3.05, 3.63) is 80.6 Å². The summed E-state index contributed by atoms with van der Waals surface area (Å²) in [7, 11) is -3.93. The number of H-pyrrole nitrogens is 2. The number of nitrogens with one attached hydrogen (secondary N) is 4. The summed E-state index contributed by atoms with van der Waals surface area (Å²) in [4.78, 5) is 63.1. The molecule has 4 aromatic rings. The molecule has 0 radical (unpaired) electrons. The topological polar surface area (TPSA) is 184 Å². The Morgan fingerprint density at radius 1 is 0.711 bits per heavy atom. The van der Waals surface area contributed by atoms with Crippen LogP contribution >= 0.6 is 23.5 Å². The third-order valence-corrected chi connectivity index (χ3v) is 10.2. The van der Waals surface area contributed by atoms with Gasteiger partial charge in [0.05, 0.1) is 21.3 Å². The van der Waals surface area contributed by atoms with E-state index in [9.17, 15) is 27.6 Å². The van der Waals surface area contributed by atoms with Crippen LogP contribution in [0.25, 0.3) is 11.1 Å². The highest BCUT2D eigenvalue weighted by Gasteiger charge is 2.33. The van der Waals surface area contributed by atoms with Crippen LogP contribution in [-0.2, 0) is 32.3 Å². The number of benzene rings is 2. The molecule has 0 saturated carbocycles. The van der Waals surface area contributed by atoms with Gasteiger partial charge in [-0.2, -0.15) is 0 Å². The number of aryl methyl sites for hydroxylation is 2. The van der Waals surface area contributed by atoms with Gasteiger partial charge in [-0.1, -0.05) is 62.3 Å². The molecule has 0 unspecified atom stereocenters. The number of anilines is 2. The lowest BCUT2D eigenvalue weighted by Gasteiger charge is -2.08. The standard InChI is InChI=1S/C30H30N6O6S3/c1-3-5-17-13-25(37)35-29(33-17)43-15-27(39)31-19-7-9-21-22-10-8-20(12-24(22)45(41,42)23(21)11-19)32-28(40)16-44-30-34-18(6-4-2)14-26(38)36-30/h7-14H,3-6,15-16H2,1-2H3,(H,31,39)(H,32,40)(H,33,35,37)(H,34,36,38). The van der Waals surface area contributed by atoms with Crippen molar-refractivity contribution in [1.29, 1.82) is 0 Å². The first kappa shape index (κ1) is 32.2. The maximum Gasteiger partial charge on any atom is 0.251 e. The quantitative estimate of drug-likeness (QED) is 0.112. The Hall–Kier alpha value is -4.21. The molecule has 0 aliphatic carbocycles. The first-order valence-corrected chi connectivity index (χ1v) is 17.6. The Kier molecular flexibility index (Phi) is 9.90. The molecule has 3 heterocycles. The molecule has 15 heteroatoms. The molecular formula is C30H30N6O6S3. The number of hydrogen-bond donors (Lipinski definition) is 4. The Morgan fingerprint density at radius 2 is 1.13 bits per heavy atom. The number of carbonyl (C=O) groups is 2. The molecule has 4 N–H and O–H groups in total. The van der Waals surface area contributed by atoms with Crippen LogP contribution in [0.2, 0.25) is 0 Å². The summed E-state index contributed by atoms with van der Waals surface area (Å²) in [6.07, 6.45) is 2.96. The molecule has 0 bridgehead atoms. The van der Waals surface area contributed by atoms with Gasteiger partial charge in [-0.25, -0.2) is 18.4 Å². The van der Waals surface area contributed by atoms with E-state index in [-0.39, 0.29) is 32.4 Å². The number of hydrogen-bond acceptors (Lipinski definition) is 10. The lowest BCUT2D eigenvalue weighted by atomic mass is 10.0. The van der Waals surface area contributed by atoms with Crippen LogP contribution in [0, 0.1) is 0 Å². The molecule has 0 spiro atoms. The Bertz CT molecular complexity index is 1870. The largest absolute Gasteiger partial charge is 0.325 e. The Labute approximate surface area is 267 Å². The number of rotatable bonds is 12. The molecule has 12 nitrogen and oxygen atoms in total. The van der Waals surface area contributed by atoms with E-state index in [1.807, 2.05) is 13.8 Å². The van der Waals surface area contributed by atoms with Crippen LogP contribution in [0.4, 0.5) is 11.4 Å². The van der Waals surface area contributed by atoms with Gasteiger partial charge in [0.2, 0.25) is 21.7 Å². The van der Waals surface area contributed by atoms with Crippen molar-refractivity contribution in [1.82, 2.24) is 19.9 Å². The van der Waals surface area contributed by atoms with Crippen molar-refractivity contribution in [2.75, 3.05) is 22.1 Å². The third kappa shape index (κ3) is 7.72. The number of carbonyl (C=O) groups excluding carboxylic acids is 2. The van der Waals surface area contributed by atoms with Gasteiger partial charge in [-0.05, 0) is 37.1 Å². The summed E-state index contributed by atoms with van der Waals surface area (Å²) in [6.45, 7) is 3.96. The zero-order valence-electron chi connectivity index (χ0n) is 24.4. The average Bonchev–Trinajstić information content (AvgIpc) is 3.20. The second-order valence-corrected chi connectivity index (χ2v) is 14.0. The van der Waals surface area contributed by atoms with Crippen molar-refractivity contribution >= 4 is 56.6 Å². The van der Waals surface area contributed by atoms with E-state index in [4.69, 9.17) is 0 Å². The molecule has 2 amide bonds. The van der Waals surface area contributed by atoms with E-state index in [0.717, 1.165) is 36.4 Å². The molecule has 45 heavy (non-hydrogen) atoms. The monoisotopic (exact) mass is 666 g/mol. The van der Waals surface area contributed by atoms with E-state index in [1.165, 1.54) is 24.3 Å². The summed E-state index contributed by atoms with van der Waals surface area (Å²) in [6, 6.07) is 12.2.